The van der Waals surface area contributed by atoms with Crippen molar-refractivity contribution in [2.45, 2.75) is 0 Å². The summed E-state index contributed by atoms with van der Waals surface area (Å²) in [5.41, 5.74) is 0.775. The van der Waals surface area contributed by atoms with Gasteiger partial charge in [0.1, 0.15) is 11.4 Å². The molecule has 5 heteroatoms. The van der Waals surface area contributed by atoms with E-state index < -0.39 is 11.7 Å². The van der Waals surface area contributed by atoms with E-state index in [1.807, 2.05) is 18.2 Å². The molecule has 102 valence electrons. The lowest BCUT2D eigenvalue weighted by molar-refractivity contribution is 0.0998. The average Bonchev–Trinajstić information content (AvgIpc) is 2.93. The zero-order chi connectivity index (χ0) is 14.8. The molecule has 2 aromatic carbocycles. The van der Waals surface area contributed by atoms with Gasteiger partial charge in [-0.3, -0.25) is 4.79 Å². The fraction of sp³-hybridized carbons (Fsp3) is 0. The Morgan fingerprint density at radius 1 is 1.19 bits per heavy atom. The van der Waals surface area contributed by atoms with Crippen LogP contribution < -0.4 is 5.32 Å². The third kappa shape index (κ3) is 2.47. The second-order valence-electron chi connectivity index (χ2n) is 4.41. The van der Waals surface area contributed by atoms with Gasteiger partial charge in [0.2, 0.25) is 0 Å². The lowest BCUT2D eigenvalue weighted by Gasteiger charge is -2.04. The highest BCUT2D eigenvalue weighted by molar-refractivity contribution is 6.04. The van der Waals surface area contributed by atoms with Crippen LogP contribution in [-0.2, 0) is 0 Å². The van der Waals surface area contributed by atoms with Crippen LogP contribution >= 0.6 is 0 Å². The smallest absolute Gasteiger partial charge is 0.291 e. The molecule has 0 bridgehead atoms. The number of carbonyl (C=O) groups is 1. The Kier molecular flexibility index (Phi) is 3.13. The second-order valence-corrected chi connectivity index (χ2v) is 4.41. The Morgan fingerprint density at radius 2 is 2.00 bits per heavy atom. The Labute approximate surface area is 119 Å². The molecule has 0 unspecified atom stereocenters. The molecule has 0 radical (unpaired) electrons. The highest BCUT2D eigenvalue weighted by atomic mass is 19.1. The number of carbonyl (C=O) groups excluding carboxylic acids is 1. The molecule has 1 heterocycles. The van der Waals surface area contributed by atoms with E-state index in [4.69, 9.17) is 9.68 Å². The van der Waals surface area contributed by atoms with Crippen molar-refractivity contribution in [3.05, 3.63) is 65.7 Å². The van der Waals surface area contributed by atoms with Gasteiger partial charge in [-0.05, 0) is 30.3 Å². The van der Waals surface area contributed by atoms with Crippen molar-refractivity contribution in [3.8, 4) is 6.07 Å². The van der Waals surface area contributed by atoms with Crippen LogP contribution in [0.2, 0.25) is 0 Å². The maximum Gasteiger partial charge on any atom is 0.291 e. The highest BCUT2D eigenvalue weighted by Crippen LogP contribution is 2.21. The third-order valence-corrected chi connectivity index (χ3v) is 3.00. The average molecular weight is 280 g/mol. The number of fused-ring (bicyclic) bond motifs is 1. The summed E-state index contributed by atoms with van der Waals surface area (Å²) in [4.78, 5) is 12.1. The molecule has 0 saturated carbocycles. The van der Waals surface area contributed by atoms with Crippen LogP contribution in [-0.4, -0.2) is 5.91 Å². The Morgan fingerprint density at radius 3 is 2.71 bits per heavy atom. The summed E-state index contributed by atoms with van der Waals surface area (Å²) in [5, 5.41) is 11.9. The van der Waals surface area contributed by atoms with Crippen molar-refractivity contribution < 1.29 is 13.6 Å². The van der Waals surface area contributed by atoms with E-state index in [0.717, 1.165) is 11.5 Å². The minimum atomic E-state index is -0.668. The van der Waals surface area contributed by atoms with Crippen molar-refractivity contribution in [2.24, 2.45) is 0 Å². The number of nitrogens with one attached hydrogen (secondary N) is 1. The molecule has 3 rings (SSSR count). The first-order chi connectivity index (χ1) is 10.2. The second kappa shape index (κ2) is 5.10. The van der Waals surface area contributed by atoms with Crippen molar-refractivity contribution >= 4 is 22.6 Å². The fourth-order valence-electron chi connectivity index (χ4n) is 1.96. The van der Waals surface area contributed by atoms with Crippen LogP contribution in [0.5, 0.6) is 0 Å². The normalized spacial score (nSPS) is 10.3. The topological polar surface area (TPSA) is 66.0 Å². The fourth-order valence-corrected chi connectivity index (χ4v) is 1.96. The van der Waals surface area contributed by atoms with E-state index in [0.29, 0.717) is 5.58 Å². The van der Waals surface area contributed by atoms with Crippen LogP contribution in [0.25, 0.3) is 11.0 Å². The number of nitriles is 1. The van der Waals surface area contributed by atoms with Gasteiger partial charge in [0.05, 0.1) is 17.3 Å². The molecule has 1 N–H and O–H groups in total. The van der Waals surface area contributed by atoms with Crippen LogP contribution in [0.15, 0.2) is 52.9 Å². The van der Waals surface area contributed by atoms with Crippen molar-refractivity contribution in [2.75, 3.05) is 5.32 Å². The van der Waals surface area contributed by atoms with Crippen LogP contribution in [0.3, 0.4) is 0 Å². The number of hydrogen-bond donors (Lipinski definition) is 1. The van der Waals surface area contributed by atoms with E-state index in [1.54, 1.807) is 18.2 Å². The van der Waals surface area contributed by atoms with Crippen LogP contribution in [0.1, 0.15) is 16.1 Å². The number of anilines is 1. The van der Waals surface area contributed by atoms with E-state index in [-0.39, 0.29) is 17.0 Å². The predicted molar refractivity (Wildman–Crippen MR) is 75.3 cm³/mol. The molecule has 4 nitrogen and oxygen atoms in total. The van der Waals surface area contributed by atoms with Gasteiger partial charge >= 0.3 is 0 Å². The summed E-state index contributed by atoms with van der Waals surface area (Å²) in [6.07, 6.45) is 0. The number of halogens is 1. The Bertz CT molecular complexity index is 844. The molecule has 0 atom stereocenters. The number of para-hydroxylation sites is 1. The van der Waals surface area contributed by atoms with Gasteiger partial charge in [0, 0.05) is 5.39 Å². The highest BCUT2D eigenvalue weighted by Gasteiger charge is 2.14. The summed E-state index contributed by atoms with van der Waals surface area (Å²) in [5.74, 6) is -1.12. The molecule has 0 fully saturated rings. The summed E-state index contributed by atoms with van der Waals surface area (Å²) in [6, 6.07) is 14.4. The minimum Gasteiger partial charge on any atom is -0.451 e. The molecule has 3 aromatic rings. The molecular formula is C16H9FN2O2. The number of hydrogen-bond acceptors (Lipinski definition) is 3. The molecule has 0 aliphatic heterocycles. The van der Waals surface area contributed by atoms with Gasteiger partial charge in [0.25, 0.3) is 5.91 Å². The lowest BCUT2D eigenvalue weighted by atomic mass is 10.2. The molecule has 0 aliphatic rings. The molecule has 0 saturated heterocycles. The first-order valence-corrected chi connectivity index (χ1v) is 6.17. The molecule has 21 heavy (non-hydrogen) atoms. The molecule has 0 aliphatic carbocycles. The molecular weight excluding hydrogens is 271 g/mol. The van der Waals surface area contributed by atoms with Crippen molar-refractivity contribution in [3.63, 3.8) is 0 Å². The molecule has 0 spiro atoms. The van der Waals surface area contributed by atoms with Crippen molar-refractivity contribution in [1.29, 1.82) is 5.26 Å². The summed E-state index contributed by atoms with van der Waals surface area (Å²) in [6.45, 7) is 0. The number of furan rings is 1. The molecule has 1 amide bonds. The Balaban J connectivity index is 1.88. The van der Waals surface area contributed by atoms with Gasteiger partial charge in [0.15, 0.2) is 5.76 Å². The summed E-state index contributed by atoms with van der Waals surface area (Å²) in [7, 11) is 0. The number of benzene rings is 2. The van der Waals surface area contributed by atoms with E-state index in [2.05, 4.69) is 5.32 Å². The maximum atomic E-state index is 13.7. The lowest BCUT2D eigenvalue weighted by Crippen LogP contribution is -2.12. The predicted octanol–water partition coefficient (Wildman–Crippen LogP) is 3.70. The first kappa shape index (κ1) is 12.9. The standard InChI is InChI=1S/C16H9FN2O2/c17-12-7-10(9-18)5-6-13(12)19-16(20)15-8-11-3-1-2-4-14(11)21-15/h1-8H,(H,19,20). The number of amides is 1. The van der Waals surface area contributed by atoms with Gasteiger partial charge in [-0.25, -0.2) is 4.39 Å². The zero-order valence-corrected chi connectivity index (χ0v) is 10.8. The largest absolute Gasteiger partial charge is 0.451 e. The van der Waals surface area contributed by atoms with E-state index in [1.165, 1.54) is 12.1 Å². The van der Waals surface area contributed by atoms with Crippen LogP contribution in [0.4, 0.5) is 10.1 Å². The maximum absolute atomic E-state index is 13.7. The monoisotopic (exact) mass is 280 g/mol. The summed E-state index contributed by atoms with van der Waals surface area (Å²) >= 11 is 0. The zero-order valence-electron chi connectivity index (χ0n) is 10.8. The van der Waals surface area contributed by atoms with Crippen LogP contribution in [0, 0.1) is 17.1 Å². The van der Waals surface area contributed by atoms with Gasteiger partial charge in [-0.15, -0.1) is 0 Å². The minimum absolute atomic E-state index is 0.000504. The Hall–Kier alpha value is -3.13. The van der Waals surface area contributed by atoms with E-state index in [9.17, 15) is 9.18 Å². The number of rotatable bonds is 2. The molecule has 1 aromatic heterocycles. The SMILES string of the molecule is N#Cc1ccc(NC(=O)c2cc3ccccc3o2)c(F)c1. The van der Waals surface area contributed by atoms with Gasteiger partial charge in [-0.2, -0.15) is 5.26 Å². The third-order valence-electron chi connectivity index (χ3n) is 3.00. The first-order valence-electron chi connectivity index (χ1n) is 6.17. The van der Waals surface area contributed by atoms with Crippen molar-refractivity contribution in [1.82, 2.24) is 0 Å². The summed E-state index contributed by atoms with van der Waals surface area (Å²) < 4.78 is 19.1. The van der Waals surface area contributed by atoms with Gasteiger partial charge in [-0.1, -0.05) is 18.2 Å². The van der Waals surface area contributed by atoms with E-state index >= 15 is 0 Å². The quantitative estimate of drug-likeness (QED) is 0.778. The number of nitrogens with zero attached hydrogens (tertiary/aromatic N) is 1. The van der Waals surface area contributed by atoms with Gasteiger partial charge < -0.3 is 9.73 Å².